The van der Waals surface area contributed by atoms with Crippen LogP contribution in [0.25, 0.3) is 0 Å². The maximum absolute atomic E-state index is 13.1. The van der Waals surface area contributed by atoms with E-state index in [1.807, 2.05) is 30.3 Å². The molecular formula is C17H19ClFNO3S. The maximum Gasteiger partial charge on any atom is 0.240 e. The molecule has 0 aliphatic carbocycles. The van der Waals surface area contributed by atoms with E-state index in [-0.39, 0.29) is 29.0 Å². The van der Waals surface area contributed by atoms with E-state index in [2.05, 4.69) is 4.72 Å². The first kappa shape index (κ1) is 18.9. The first-order valence-corrected chi connectivity index (χ1v) is 9.40. The molecule has 0 aliphatic rings. The first-order valence-electron chi connectivity index (χ1n) is 7.54. The number of sulfonamides is 1. The molecule has 0 saturated carbocycles. The number of nitrogens with one attached hydrogen (secondary N) is 1. The van der Waals surface area contributed by atoms with Crippen LogP contribution in [0.5, 0.6) is 0 Å². The molecule has 0 saturated heterocycles. The topological polar surface area (TPSA) is 66.4 Å². The second-order valence-corrected chi connectivity index (χ2v) is 7.56. The van der Waals surface area contributed by atoms with Crippen molar-refractivity contribution in [3.63, 3.8) is 0 Å². The van der Waals surface area contributed by atoms with Gasteiger partial charge < -0.3 is 5.11 Å². The third-order valence-corrected chi connectivity index (χ3v) is 5.48. The van der Waals surface area contributed by atoms with Gasteiger partial charge in [-0.15, -0.1) is 0 Å². The fourth-order valence-corrected chi connectivity index (χ4v) is 3.77. The van der Waals surface area contributed by atoms with Crippen molar-refractivity contribution in [2.75, 3.05) is 13.2 Å². The Bertz CT molecular complexity index is 769. The highest BCUT2D eigenvalue weighted by Gasteiger charge is 2.17. The highest BCUT2D eigenvalue weighted by atomic mass is 35.5. The van der Waals surface area contributed by atoms with Gasteiger partial charge in [0.15, 0.2) is 0 Å². The quantitative estimate of drug-likeness (QED) is 0.748. The van der Waals surface area contributed by atoms with Crippen LogP contribution in [0.1, 0.15) is 24.3 Å². The molecule has 0 heterocycles. The van der Waals surface area contributed by atoms with Crippen LogP contribution in [0.2, 0.25) is 5.02 Å². The molecule has 0 spiro atoms. The van der Waals surface area contributed by atoms with E-state index < -0.39 is 15.8 Å². The SMILES string of the molecule is O=S(=O)(NCC[C@@H](CCO)c1ccccc1)c1ccc(F)c(Cl)c1. The number of benzene rings is 2. The largest absolute Gasteiger partial charge is 0.396 e. The minimum absolute atomic E-state index is 0.0277. The van der Waals surface area contributed by atoms with Crippen molar-refractivity contribution in [1.82, 2.24) is 4.72 Å². The fourth-order valence-electron chi connectivity index (χ4n) is 2.45. The van der Waals surface area contributed by atoms with Gasteiger partial charge in [0.05, 0.1) is 9.92 Å². The van der Waals surface area contributed by atoms with E-state index in [4.69, 9.17) is 11.6 Å². The number of halogens is 2. The standard InChI is InChI=1S/C17H19ClFNO3S/c18-16-12-15(6-7-17(16)19)24(22,23)20-10-8-14(9-11-21)13-4-2-1-3-5-13/h1-7,12,14,20-21H,8-11H2/t14-/m0/s1. The highest BCUT2D eigenvalue weighted by Crippen LogP contribution is 2.23. The summed E-state index contributed by atoms with van der Waals surface area (Å²) in [5, 5.41) is 8.97. The minimum Gasteiger partial charge on any atom is -0.396 e. The van der Waals surface area contributed by atoms with E-state index in [1.54, 1.807) is 0 Å². The molecule has 0 aromatic heterocycles. The molecular weight excluding hydrogens is 353 g/mol. The molecule has 0 bridgehead atoms. The summed E-state index contributed by atoms with van der Waals surface area (Å²) in [6.45, 7) is 0.233. The Kier molecular flexibility index (Phi) is 6.74. The lowest BCUT2D eigenvalue weighted by Gasteiger charge is -2.16. The lowest BCUT2D eigenvalue weighted by Crippen LogP contribution is -2.26. The van der Waals surface area contributed by atoms with Gasteiger partial charge in [0.2, 0.25) is 10.0 Å². The van der Waals surface area contributed by atoms with Gasteiger partial charge in [-0.2, -0.15) is 0 Å². The third kappa shape index (κ3) is 5.01. The van der Waals surface area contributed by atoms with Crippen molar-refractivity contribution in [2.24, 2.45) is 0 Å². The van der Waals surface area contributed by atoms with Gasteiger partial charge in [-0.1, -0.05) is 41.9 Å². The molecule has 0 radical (unpaired) electrons. The molecule has 0 aliphatic heterocycles. The lowest BCUT2D eigenvalue weighted by molar-refractivity contribution is 0.273. The zero-order chi connectivity index (χ0) is 17.6. The molecule has 4 nitrogen and oxygen atoms in total. The van der Waals surface area contributed by atoms with Crippen LogP contribution >= 0.6 is 11.6 Å². The number of rotatable bonds is 8. The van der Waals surface area contributed by atoms with Crippen LogP contribution in [-0.4, -0.2) is 26.7 Å². The Morgan fingerprint density at radius 3 is 2.46 bits per heavy atom. The second kappa shape index (κ2) is 8.58. The summed E-state index contributed by atoms with van der Waals surface area (Å²) in [6, 6.07) is 12.9. The Morgan fingerprint density at radius 1 is 1.12 bits per heavy atom. The van der Waals surface area contributed by atoms with Crippen molar-refractivity contribution < 1.29 is 17.9 Å². The normalized spacial score (nSPS) is 13.0. The van der Waals surface area contributed by atoms with Gasteiger partial charge in [0, 0.05) is 13.2 Å². The summed E-state index contributed by atoms with van der Waals surface area (Å²) in [7, 11) is -3.76. The van der Waals surface area contributed by atoms with Gasteiger partial charge in [-0.3, -0.25) is 0 Å². The van der Waals surface area contributed by atoms with Crippen LogP contribution in [0.15, 0.2) is 53.4 Å². The molecule has 2 aromatic carbocycles. The molecule has 1 atom stereocenters. The van der Waals surface area contributed by atoms with Gasteiger partial charge in [-0.25, -0.2) is 17.5 Å². The third-order valence-electron chi connectivity index (χ3n) is 3.73. The van der Waals surface area contributed by atoms with E-state index in [0.717, 1.165) is 17.7 Å². The molecule has 2 rings (SSSR count). The number of aliphatic hydroxyl groups is 1. The van der Waals surface area contributed by atoms with Gasteiger partial charge >= 0.3 is 0 Å². The smallest absolute Gasteiger partial charge is 0.240 e. The lowest BCUT2D eigenvalue weighted by atomic mass is 9.93. The van der Waals surface area contributed by atoms with Gasteiger partial charge in [-0.05, 0) is 42.5 Å². The van der Waals surface area contributed by atoms with Crippen molar-refractivity contribution in [2.45, 2.75) is 23.7 Å². The molecule has 7 heteroatoms. The van der Waals surface area contributed by atoms with Crippen LogP contribution in [0, 0.1) is 5.82 Å². The van der Waals surface area contributed by atoms with Crippen LogP contribution < -0.4 is 4.72 Å². The van der Waals surface area contributed by atoms with Crippen LogP contribution in [0.3, 0.4) is 0 Å². The maximum atomic E-state index is 13.1. The zero-order valence-corrected chi connectivity index (χ0v) is 14.5. The zero-order valence-electron chi connectivity index (χ0n) is 13.0. The van der Waals surface area contributed by atoms with Crippen molar-refractivity contribution >= 4 is 21.6 Å². The predicted molar refractivity (Wildman–Crippen MR) is 92.1 cm³/mol. The first-order chi connectivity index (χ1) is 11.4. The summed E-state index contributed by atoms with van der Waals surface area (Å²) >= 11 is 5.63. The Morgan fingerprint density at radius 2 is 1.83 bits per heavy atom. The molecule has 24 heavy (non-hydrogen) atoms. The van der Waals surface area contributed by atoms with Crippen molar-refractivity contribution in [1.29, 1.82) is 0 Å². The highest BCUT2D eigenvalue weighted by molar-refractivity contribution is 7.89. The molecule has 130 valence electrons. The Labute approximate surface area is 146 Å². The van der Waals surface area contributed by atoms with E-state index in [0.29, 0.717) is 12.8 Å². The Balaban J connectivity index is 2.01. The molecule has 2 N–H and O–H groups in total. The molecule has 0 amide bonds. The summed E-state index contributed by atoms with van der Waals surface area (Å²) in [4.78, 5) is -0.0766. The van der Waals surface area contributed by atoms with Gasteiger partial charge in [0.25, 0.3) is 0 Å². The average Bonchev–Trinajstić information content (AvgIpc) is 2.57. The Hall–Kier alpha value is -1.47. The van der Waals surface area contributed by atoms with E-state index in [9.17, 15) is 17.9 Å². The fraction of sp³-hybridized carbons (Fsp3) is 0.294. The summed E-state index contributed by atoms with van der Waals surface area (Å²) in [5.41, 5.74) is 1.05. The molecule has 2 aromatic rings. The van der Waals surface area contributed by atoms with E-state index in [1.165, 1.54) is 6.07 Å². The summed E-state index contributed by atoms with van der Waals surface area (Å²) in [5.74, 6) is -0.613. The predicted octanol–water partition coefficient (Wildman–Crippen LogP) is 3.31. The number of hydrogen-bond donors (Lipinski definition) is 2. The van der Waals surface area contributed by atoms with Crippen molar-refractivity contribution in [3.05, 3.63) is 64.9 Å². The number of hydrogen-bond acceptors (Lipinski definition) is 3. The molecule has 0 fully saturated rings. The summed E-state index contributed by atoms with van der Waals surface area (Å²) in [6.07, 6.45) is 1.09. The van der Waals surface area contributed by atoms with Gasteiger partial charge in [0.1, 0.15) is 5.82 Å². The van der Waals surface area contributed by atoms with Crippen molar-refractivity contribution in [3.8, 4) is 0 Å². The van der Waals surface area contributed by atoms with E-state index >= 15 is 0 Å². The summed E-state index contributed by atoms with van der Waals surface area (Å²) < 4.78 is 40.1. The minimum atomic E-state index is -3.76. The van der Waals surface area contributed by atoms with Crippen LogP contribution in [-0.2, 0) is 10.0 Å². The second-order valence-electron chi connectivity index (χ2n) is 5.38. The average molecular weight is 372 g/mol. The van der Waals surface area contributed by atoms with Crippen LogP contribution in [0.4, 0.5) is 4.39 Å². The number of aliphatic hydroxyl groups excluding tert-OH is 1. The molecule has 0 unspecified atom stereocenters. The monoisotopic (exact) mass is 371 g/mol.